The zero-order valence-corrected chi connectivity index (χ0v) is 22.1. The Kier molecular flexibility index (Phi) is 9.11. The summed E-state index contributed by atoms with van der Waals surface area (Å²) in [5.41, 5.74) is 4.05. The molecule has 208 valence electrons. The van der Waals surface area contributed by atoms with E-state index in [0.717, 1.165) is 16.7 Å². The van der Waals surface area contributed by atoms with Gasteiger partial charge in [-0.25, -0.2) is 0 Å². The summed E-state index contributed by atoms with van der Waals surface area (Å²) in [7, 11) is 1.51. The zero-order valence-electron chi connectivity index (χ0n) is 22.1. The van der Waals surface area contributed by atoms with Crippen LogP contribution >= 0.6 is 0 Å². The minimum Gasteiger partial charge on any atom is -0.496 e. The second kappa shape index (κ2) is 12.7. The van der Waals surface area contributed by atoms with Crippen LogP contribution < -0.4 is 9.47 Å². The van der Waals surface area contributed by atoms with Crippen LogP contribution in [0, 0.1) is 0 Å². The quantitative estimate of drug-likeness (QED) is 0.205. The maximum absolute atomic E-state index is 12.7. The van der Waals surface area contributed by atoms with Crippen molar-refractivity contribution in [3.8, 4) is 22.6 Å². The van der Waals surface area contributed by atoms with Crippen LogP contribution in [0.3, 0.4) is 0 Å². The molecule has 0 fully saturated rings. The van der Waals surface area contributed by atoms with Gasteiger partial charge in [-0.3, -0.25) is 9.69 Å². The Balaban J connectivity index is 1.78. The zero-order chi connectivity index (χ0) is 28.7. The van der Waals surface area contributed by atoms with Crippen molar-refractivity contribution in [3.63, 3.8) is 0 Å². The van der Waals surface area contributed by atoms with Crippen molar-refractivity contribution in [1.82, 2.24) is 4.90 Å². The summed E-state index contributed by atoms with van der Waals surface area (Å²) in [6, 6.07) is 30.0. The van der Waals surface area contributed by atoms with Gasteiger partial charge in [-0.1, -0.05) is 78.9 Å². The van der Waals surface area contributed by atoms with Gasteiger partial charge in [0.05, 0.1) is 13.5 Å². The molecular formula is C32H30F3NO4. The topological polar surface area (TPSA) is 59.0 Å². The summed E-state index contributed by atoms with van der Waals surface area (Å²) in [5.74, 6) is -0.775. The van der Waals surface area contributed by atoms with Crippen LogP contribution in [0.4, 0.5) is 13.2 Å². The Bertz CT molecular complexity index is 1390. The Labute approximate surface area is 231 Å². The number of nitrogens with zero attached hydrogens (tertiary/aromatic N) is 1. The highest BCUT2D eigenvalue weighted by Crippen LogP contribution is 2.39. The molecule has 0 heterocycles. The number of halogens is 3. The summed E-state index contributed by atoms with van der Waals surface area (Å²) in [6.45, 7) is 2.55. The first-order valence-corrected chi connectivity index (χ1v) is 12.7. The van der Waals surface area contributed by atoms with Crippen LogP contribution in [0.25, 0.3) is 11.1 Å². The second-order valence-corrected chi connectivity index (χ2v) is 9.39. The van der Waals surface area contributed by atoms with E-state index in [0.29, 0.717) is 23.4 Å². The molecule has 0 radical (unpaired) electrons. The number of carboxylic acid groups (broad SMARTS) is 1. The first kappa shape index (κ1) is 28.7. The third-order valence-corrected chi connectivity index (χ3v) is 6.76. The number of benzene rings is 4. The summed E-state index contributed by atoms with van der Waals surface area (Å²) in [5, 5.41) is 9.97. The Morgan fingerprint density at radius 3 is 2.08 bits per heavy atom. The molecule has 0 spiro atoms. The summed E-state index contributed by atoms with van der Waals surface area (Å²) < 4.78 is 47.5. The van der Waals surface area contributed by atoms with Crippen molar-refractivity contribution < 1.29 is 32.5 Å². The molecule has 4 aromatic rings. The largest absolute Gasteiger partial charge is 0.573 e. The lowest BCUT2D eigenvalue weighted by Crippen LogP contribution is -2.32. The summed E-state index contributed by atoms with van der Waals surface area (Å²) >= 11 is 0. The summed E-state index contributed by atoms with van der Waals surface area (Å²) in [6.07, 6.45) is -4.95. The third-order valence-electron chi connectivity index (χ3n) is 6.76. The number of rotatable bonds is 11. The Morgan fingerprint density at radius 2 is 1.50 bits per heavy atom. The van der Waals surface area contributed by atoms with E-state index in [4.69, 9.17) is 4.74 Å². The van der Waals surface area contributed by atoms with Crippen LogP contribution in [0.2, 0.25) is 0 Å². The SMILES string of the molecule is COc1ccc([C@H](CC(=O)O)N(Cc2ccccc2)[C@H](C)c2ccccc2)cc1-c1ccc(OC(F)(F)F)cc1. The van der Waals surface area contributed by atoms with E-state index < -0.39 is 18.4 Å². The molecule has 0 aliphatic rings. The predicted molar refractivity (Wildman–Crippen MR) is 147 cm³/mol. The van der Waals surface area contributed by atoms with Crippen LogP contribution in [-0.2, 0) is 11.3 Å². The number of hydrogen-bond donors (Lipinski definition) is 1. The van der Waals surface area contributed by atoms with Crippen LogP contribution in [-0.4, -0.2) is 29.4 Å². The van der Waals surface area contributed by atoms with E-state index in [1.165, 1.54) is 31.4 Å². The molecule has 0 amide bonds. The molecule has 4 rings (SSSR count). The maximum atomic E-state index is 12.7. The molecule has 40 heavy (non-hydrogen) atoms. The van der Waals surface area contributed by atoms with Gasteiger partial charge >= 0.3 is 12.3 Å². The van der Waals surface area contributed by atoms with E-state index in [9.17, 15) is 23.1 Å². The molecule has 0 saturated carbocycles. The highest BCUT2D eigenvalue weighted by molar-refractivity contribution is 5.73. The van der Waals surface area contributed by atoms with E-state index >= 15 is 0 Å². The normalized spacial score (nSPS) is 13.1. The van der Waals surface area contributed by atoms with Crippen molar-refractivity contribution >= 4 is 5.97 Å². The predicted octanol–water partition coefficient (Wildman–Crippen LogP) is 8.04. The number of carbonyl (C=O) groups is 1. The number of ether oxygens (including phenoxy) is 2. The fourth-order valence-electron chi connectivity index (χ4n) is 4.82. The molecule has 0 saturated heterocycles. The average Bonchev–Trinajstić information content (AvgIpc) is 2.94. The van der Waals surface area contributed by atoms with Gasteiger partial charge in [0, 0.05) is 24.2 Å². The number of alkyl halides is 3. The molecule has 1 N–H and O–H groups in total. The third kappa shape index (κ3) is 7.42. The van der Waals surface area contributed by atoms with E-state index in [1.807, 2.05) is 72.8 Å². The number of hydrogen-bond acceptors (Lipinski definition) is 4. The standard InChI is InChI=1S/C32H30F3NO4/c1-22(24-11-7-4-8-12-24)36(21-23-9-5-3-6-10-23)29(20-31(37)38)26-15-18-30(39-2)28(19-26)25-13-16-27(17-14-25)40-32(33,34)35/h3-19,22,29H,20-21H2,1-2H3,(H,37,38)/t22-,29+/m1/s1. The lowest BCUT2D eigenvalue weighted by molar-refractivity contribution is -0.274. The fraction of sp³-hybridized carbons (Fsp3) is 0.219. The minimum absolute atomic E-state index is 0.130. The van der Waals surface area contributed by atoms with Gasteiger partial charge in [-0.15, -0.1) is 13.2 Å². The molecule has 2 atom stereocenters. The van der Waals surface area contributed by atoms with E-state index in [1.54, 1.807) is 6.07 Å². The smallest absolute Gasteiger partial charge is 0.496 e. The van der Waals surface area contributed by atoms with Gasteiger partial charge in [-0.2, -0.15) is 0 Å². The highest BCUT2D eigenvalue weighted by atomic mass is 19.4. The lowest BCUT2D eigenvalue weighted by atomic mass is 9.93. The molecule has 0 bridgehead atoms. The molecular weight excluding hydrogens is 519 g/mol. The first-order valence-electron chi connectivity index (χ1n) is 12.7. The van der Waals surface area contributed by atoms with Gasteiger partial charge in [0.1, 0.15) is 11.5 Å². The van der Waals surface area contributed by atoms with Crippen molar-refractivity contribution in [2.24, 2.45) is 0 Å². The number of carboxylic acids is 1. The van der Waals surface area contributed by atoms with Crippen LogP contribution in [0.1, 0.15) is 42.1 Å². The van der Waals surface area contributed by atoms with E-state index in [2.05, 4.69) is 16.6 Å². The van der Waals surface area contributed by atoms with E-state index in [-0.39, 0.29) is 18.2 Å². The molecule has 0 aliphatic carbocycles. The van der Waals surface area contributed by atoms with Crippen LogP contribution in [0.5, 0.6) is 11.5 Å². The highest BCUT2D eigenvalue weighted by Gasteiger charge is 2.31. The Hall–Kier alpha value is -4.30. The Morgan fingerprint density at radius 1 is 0.875 bits per heavy atom. The molecule has 8 heteroatoms. The molecule has 0 aromatic heterocycles. The number of methoxy groups -OCH3 is 1. The summed E-state index contributed by atoms with van der Waals surface area (Å²) in [4.78, 5) is 14.3. The molecule has 0 unspecified atom stereocenters. The van der Waals surface area contributed by atoms with Crippen molar-refractivity contribution in [2.75, 3.05) is 7.11 Å². The maximum Gasteiger partial charge on any atom is 0.573 e. The van der Waals surface area contributed by atoms with Crippen molar-refractivity contribution in [3.05, 3.63) is 120 Å². The number of aliphatic carboxylic acids is 1. The van der Waals surface area contributed by atoms with Crippen molar-refractivity contribution in [2.45, 2.75) is 38.3 Å². The second-order valence-electron chi connectivity index (χ2n) is 9.39. The van der Waals surface area contributed by atoms with Gasteiger partial charge in [0.25, 0.3) is 0 Å². The van der Waals surface area contributed by atoms with Gasteiger partial charge < -0.3 is 14.6 Å². The van der Waals surface area contributed by atoms with Crippen molar-refractivity contribution in [1.29, 1.82) is 0 Å². The molecule has 0 aliphatic heterocycles. The molecule has 5 nitrogen and oxygen atoms in total. The van der Waals surface area contributed by atoms with Gasteiger partial charge in [-0.05, 0) is 53.4 Å². The minimum atomic E-state index is -4.79. The molecule has 4 aromatic carbocycles. The first-order chi connectivity index (χ1) is 19.1. The monoisotopic (exact) mass is 549 g/mol. The lowest BCUT2D eigenvalue weighted by Gasteiger charge is -2.37. The van der Waals surface area contributed by atoms with Gasteiger partial charge in [0.15, 0.2) is 0 Å². The average molecular weight is 550 g/mol. The van der Waals surface area contributed by atoms with Crippen LogP contribution in [0.15, 0.2) is 103 Å². The fourth-order valence-corrected chi connectivity index (χ4v) is 4.82. The van der Waals surface area contributed by atoms with Gasteiger partial charge in [0.2, 0.25) is 0 Å².